The van der Waals surface area contributed by atoms with Crippen molar-refractivity contribution in [1.29, 1.82) is 0 Å². The normalized spacial score (nSPS) is 22.0. The fourth-order valence-electron chi connectivity index (χ4n) is 2.98. The number of benzene rings is 1. The van der Waals surface area contributed by atoms with Gasteiger partial charge in [-0.05, 0) is 31.9 Å². The first-order valence-corrected chi connectivity index (χ1v) is 7.91. The van der Waals surface area contributed by atoms with Gasteiger partial charge < -0.3 is 14.5 Å². The monoisotopic (exact) mass is 302 g/mol. The SMILES string of the molecule is Cc1ccc(C(=O)N2CCN(C(=O)[C@H]3CCCO3)CC2)cc1. The predicted octanol–water partition coefficient (Wildman–Crippen LogP) is 1.46. The first-order chi connectivity index (χ1) is 10.6. The Morgan fingerprint density at radius 2 is 1.68 bits per heavy atom. The summed E-state index contributed by atoms with van der Waals surface area (Å²) in [6.07, 6.45) is 1.52. The highest BCUT2D eigenvalue weighted by atomic mass is 16.5. The van der Waals surface area contributed by atoms with Gasteiger partial charge in [0.15, 0.2) is 0 Å². The van der Waals surface area contributed by atoms with Crippen LogP contribution in [0.2, 0.25) is 0 Å². The Morgan fingerprint density at radius 3 is 2.27 bits per heavy atom. The molecule has 1 atom stereocenters. The maximum Gasteiger partial charge on any atom is 0.253 e. The van der Waals surface area contributed by atoms with E-state index in [0.717, 1.165) is 18.4 Å². The number of piperazine rings is 1. The third-order valence-corrected chi connectivity index (χ3v) is 4.38. The van der Waals surface area contributed by atoms with E-state index < -0.39 is 0 Å². The average Bonchev–Trinajstić information content (AvgIpc) is 3.09. The number of amides is 2. The van der Waals surface area contributed by atoms with E-state index in [9.17, 15) is 9.59 Å². The molecule has 5 nitrogen and oxygen atoms in total. The molecule has 2 saturated heterocycles. The van der Waals surface area contributed by atoms with Gasteiger partial charge in [-0.1, -0.05) is 17.7 Å². The second kappa shape index (κ2) is 6.48. The minimum Gasteiger partial charge on any atom is -0.368 e. The van der Waals surface area contributed by atoms with Crippen LogP contribution in [0.15, 0.2) is 24.3 Å². The average molecular weight is 302 g/mol. The van der Waals surface area contributed by atoms with Crippen molar-refractivity contribution in [2.75, 3.05) is 32.8 Å². The number of carbonyl (C=O) groups excluding carboxylic acids is 2. The highest BCUT2D eigenvalue weighted by Crippen LogP contribution is 2.17. The lowest BCUT2D eigenvalue weighted by atomic mass is 10.1. The summed E-state index contributed by atoms with van der Waals surface area (Å²) >= 11 is 0. The van der Waals surface area contributed by atoms with Crippen LogP contribution >= 0.6 is 0 Å². The van der Waals surface area contributed by atoms with Crippen molar-refractivity contribution in [3.8, 4) is 0 Å². The van der Waals surface area contributed by atoms with Crippen molar-refractivity contribution in [3.05, 3.63) is 35.4 Å². The van der Waals surface area contributed by atoms with Crippen LogP contribution in [0, 0.1) is 6.92 Å². The number of carbonyl (C=O) groups is 2. The van der Waals surface area contributed by atoms with Crippen LogP contribution in [0.25, 0.3) is 0 Å². The summed E-state index contributed by atoms with van der Waals surface area (Å²) < 4.78 is 5.45. The zero-order valence-corrected chi connectivity index (χ0v) is 13.0. The van der Waals surface area contributed by atoms with Crippen molar-refractivity contribution >= 4 is 11.8 Å². The molecule has 0 radical (unpaired) electrons. The van der Waals surface area contributed by atoms with Gasteiger partial charge in [0.05, 0.1) is 0 Å². The molecule has 118 valence electrons. The molecule has 1 aromatic carbocycles. The molecular formula is C17H22N2O3. The summed E-state index contributed by atoms with van der Waals surface area (Å²) in [5.74, 6) is 0.129. The fraction of sp³-hybridized carbons (Fsp3) is 0.529. The molecule has 0 unspecified atom stereocenters. The fourth-order valence-corrected chi connectivity index (χ4v) is 2.98. The van der Waals surface area contributed by atoms with Gasteiger partial charge in [0, 0.05) is 38.3 Å². The molecule has 2 aliphatic rings. The molecule has 2 heterocycles. The minimum absolute atomic E-state index is 0.0456. The Balaban J connectivity index is 1.56. The Labute approximate surface area is 130 Å². The van der Waals surface area contributed by atoms with Crippen LogP contribution in [0.1, 0.15) is 28.8 Å². The third kappa shape index (κ3) is 3.14. The van der Waals surface area contributed by atoms with Crippen molar-refractivity contribution < 1.29 is 14.3 Å². The molecule has 2 aliphatic heterocycles. The second-order valence-electron chi connectivity index (χ2n) is 5.99. The number of ether oxygens (including phenoxy) is 1. The van der Waals surface area contributed by atoms with Crippen molar-refractivity contribution in [2.24, 2.45) is 0 Å². The molecule has 0 aliphatic carbocycles. The van der Waals surface area contributed by atoms with Crippen LogP contribution in [-0.2, 0) is 9.53 Å². The van der Waals surface area contributed by atoms with E-state index in [1.165, 1.54) is 0 Å². The quantitative estimate of drug-likeness (QED) is 0.831. The summed E-state index contributed by atoms with van der Waals surface area (Å²) in [5.41, 5.74) is 1.85. The number of hydrogen-bond acceptors (Lipinski definition) is 3. The highest BCUT2D eigenvalue weighted by molar-refractivity contribution is 5.94. The van der Waals surface area contributed by atoms with Gasteiger partial charge >= 0.3 is 0 Å². The van der Waals surface area contributed by atoms with Gasteiger partial charge in [-0.3, -0.25) is 9.59 Å². The number of aryl methyl sites for hydroxylation is 1. The Hall–Kier alpha value is -1.88. The third-order valence-electron chi connectivity index (χ3n) is 4.38. The standard InChI is InChI=1S/C17H22N2O3/c1-13-4-6-14(7-5-13)16(20)18-8-10-19(11-9-18)17(21)15-3-2-12-22-15/h4-7,15H,2-3,8-12H2,1H3/t15-/m1/s1. The molecule has 3 rings (SSSR count). The van der Waals surface area contributed by atoms with E-state index >= 15 is 0 Å². The molecule has 2 fully saturated rings. The lowest BCUT2D eigenvalue weighted by molar-refractivity contribution is -0.142. The zero-order chi connectivity index (χ0) is 15.5. The van der Waals surface area contributed by atoms with Gasteiger partial charge in [-0.2, -0.15) is 0 Å². The maximum absolute atomic E-state index is 12.4. The van der Waals surface area contributed by atoms with E-state index in [1.807, 2.05) is 41.0 Å². The van der Waals surface area contributed by atoms with E-state index in [0.29, 0.717) is 38.3 Å². The first kappa shape index (κ1) is 15.0. The van der Waals surface area contributed by atoms with Crippen LogP contribution in [0.4, 0.5) is 0 Å². The summed E-state index contributed by atoms with van der Waals surface area (Å²) in [6.45, 7) is 5.05. The van der Waals surface area contributed by atoms with Gasteiger partial charge in [0.2, 0.25) is 0 Å². The van der Waals surface area contributed by atoms with Crippen LogP contribution in [0.3, 0.4) is 0 Å². The van der Waals surface area contributed by atoms with Crippen LogP contribution in [0.5, 0.6) is 0 Å². The largest absolute Gasteiger partial charge is 0.368 e. The highest BCUT2D eigenvalue weighted by Gasteiger charge is 2.31. The number of nitrogens with zero attached hydrogens (tertiary/aromatic N) is 2. The summed E-state index contributed by atoms with van der Waals surface area (Å²) in [6, 6.07) is 7.62. The van der Waals surface area contributed by atoms with Gasteiger partial charge in [-0.15, -0.1) is 0 Å². The van der Waals surface area contributed by atoms with Crippen molar-refractivity contribution in [1.82, 2.24) is 9.80 Å². The zero-order valence-electron chi connectivity index (χ0n) is 13.0. The Morgan fingerprint density at radius 1 is 1.05 bits per heavy atom. The molecule has 0 bridgehead atoms. The van der Waals surface area contributed by atoms with E-state index in [2.05, 4.69) is 0 Å². The predicted molar refractivity (Wildman–Crippen MR) is 82.6 cm³/mol. The lowest BCUT2D eigenvalue weighted by Gasteiger charge is -2.35. The van der Waals surface area contributed by atoms with Crippen molar-refractivity contribution in [2.45, 2.75) is 25.9 Å². The number of hydrogen-bond donors (Lipinski definition) is 0. The van der Waals surface area contributed by atoms with Crippen LogP contribution in [-0.4, -0.2) is 60.5 Å². The summed E-state index contributed by atoms with van der Waals surface area (Å²) in [5, 5.41) is 0. The molecule has 1 aromatic rings. The molecule has 2 amide bonds. The molecule has 0 saturated carbocycles. The Bertz CT molecular complexity index is 542. The minimum atomic E-state index is -0.264. The van der Waals surface area contributed by atoms with Gasteiger partial charge in [-0.25, -0.2) is 0 Å². The second-order valence-corrected chi connectivity index (χ2v) is 5.99. The van der Waals surface area contributed by atoms with Gasteiger partial charge in [0.25, 0.3) is 11.8 Å². The smallest absolute Gasteiger partial charge is 0.253 e. The Kier molecular flexibility index (Phi) is 4.43. The lowest BCUT2D eigenvalue weighted by Crippen LogP contribution is -2.52. The van der Waals surface area contributed by atoms with E-state index in [1.54, 1.807) is 0 Å². The molecule has 0 aromatic heterocycles. The summed E-state index contributed by atoms with van der Waals surface area (Å²) in [4.78, 5) is 28.4. The number of rotatable bonds is 2. The van der Waals surface area contributed by atoms with Crippen LogP contribution < -0.4 is 0 Å². The molecule has 5 heteroatoms. The van der Waals surface area contributed by atoms with Crippen molar-refractivity contribution in [3.63, 3.8) is 0 Å². The van der Waals surface area contributed by atoms with Gasteiger partial charge in [0.1, 0.15) is 6.10 Å². The molecule has 22 heavy (non-hydrogen) atoms. The first-order valence-electron chi connectivity index (χ1n) is 7.91. The summed E-state index contributed by atoms with van der Waals surface area (Å²) in [7, 11) is 0. The maximum atomic E-state index is 12.4. The molecule has 0 spiro atoms. The van der Waals surface area contributed by atoms with E-state index in [4.69, 9.17) is 4.74 Å². The molecule has 0 N–H and O–H groups in total. The topological polar surface area (TPSA) is 49.9 Å². The van der Waals surface area contributed by atoms with E-state index in [-0.39, 0.29) is 17.9 Å². The molecular weight excluding hydrogens is 280 g/mol.